The van der Waals surface area contributed by atoms with E-state index in [4.69, 9.17) is 10.3 Å². The van der Waals surface area contributed by atoms with Crippen molar-refractivity contribution in [2.75, 3.05) is 7.11 Å². The Hall–Kier alpha value is -3.24. The van der Waals surface area contributed by atoms with E-state index in [1.54, 1.807) is 12.1 Å². The molecule has 0 aliphatic rings. The predicted octanol–water partition coefficient (Wildman–Crippen LogP) is 4.15. The van der Waals surface area contributed by atoms with Gasteiger partial charge in [0.1, 0.15) is 5.75 Å². The van der Waals surface area contributed by atoms with Crippen LogP contribution in [0.15, 0.2) is 58.4 Å². The maximum Gasteiger partial charge on any atom is 0.249 e. The Morgan fingerprint density at radius 2 is 1.95 bits per heavy atom. The lowest BCUT2D eigenvalue weighted by Gasteiger charge is -2.12. The summed E-state index contributed by atoms with van der Waals surface area (Å²) < 4.78 is 5.30. The van der Waals surface area contributed by atoms with Crippen LogP contribution in [0.4, 0.5) is 5.69 Å². The summed E-state index contributed by atoms with van der Waals surface area (Å²) in [6.07, 6.45) is 0. The van der Waals surface area contributed by atoms with Crippen LogP contribution >= 0.6 is 0 Å². The van der Waals surface area contributed by atoms with Crippen molar-refractivity contribution in [2.45, 2.75) is 0 Å². The maximum atomic E-state index is 12.0. The molecule has 0 unspecified atom stereocenters. The highest BCUT2D eigenvalue weighted by atomic mass is 16.5. The second-order valence-corrected chi connectivity index (χ2v) is 4.64. The van der Waals surface area contributed by atoms with Gasteiger partial charge < -0.3 is 9.72 Å². The first-order chi connectivity index (χ1) is 10.7. The second kappa shape index (κ2) is 5.63. The Balaban J connectivity index is 2.51. The van der Waals surface area contributed by atoms with Crippen molar-refractivity contribution in [2.24, 2.45) is 5.11 Å². The number of aromatic amines is 1. The van der Waals surface area contributed by atoms with Gasteiger partial charge >= 0.3 is 0 Å². The molecule has 0 fully saturated rings. The molecule has 6 heteroatoms. The fourth-order valence-corrected chi connectivity index (χ4v) is 2.48. The number of azide groups is 1. The molecule has 1 aromatic heterocycles. The number of hydrogen-bond acceptors (Lipinski definition) is 3. The van der Waals surface area contributed by atoms with Crippen molar-refractivity contribution in [1.82, 2.24) is 4.98 Å². The number of nitrogens with zero attached hydrogens (tertiary/aromatic N) is 3. The molecule has 3 rings (SSSR count). The van der Waals surface area contributed by atoms with Crippen molar-refractivity contribution in [3.05, 3.63) is 69.3 Å². The van der Waals surface area contributed by atoms with Gasteiger partial charge in [0.2, 0.25) is 5.56 Å². The van der Waals surface area contributed by atoms with E-state index >= 15 is 0 Å². The smallest absolute Gasteiger partial charge is 0.249 e. The molecule has 0 saturated heterocycles. The number of nitrogens with one attached hydrogen (secondary N) is 1. The molecule has 0 aliphatic heterocycles. The maximum absolute atomic E-state index is 12.0. The summed E-state index contributed by atoms with van der Waals surface area (Å²) in [5.41, 5.74) is 11.0. The van der Waals surface area contributed by atoms with Crippen LogP contribution in [0.3, 0.4) is 0 Å². The van der Waals surface area contributed by atoms with Crippen LogP contribution < -0.4 is 10.3 Å². The third-order valence-electron chi connectivity index (χ3n) is 3.40. The lowest BCUT2D eigenvalue weighted by atomic mass is 10.00. The van der Waals surface area contributed by atoms with E-state index in [0.29, 0.717) is 27.9 Å². The Labute approximate surface area is 125 Å². The average Bonchev–Trinajstić information content (AvgIpc) is 2.55. The van der Waals surface area contributed by atoms with Crippen LogP contribution in [0.25, 0.3) is 32.5 Å². The van der Waals surface area contributed by atoms with E-state index in [1.165, 1.54) is 13.2 Å². The highest BCUT2D eigenvalue weighted by molar-refractivity contribution is 6.04. The largest absolute Gasteiger partial charge is 0.495 e. The monoisotopic (exact) mass is 292 g/mol. The molecule has 0 radical (unpaired) electrons. The molecule has 0 atom stereocenters. The lowest BCUT2D eigenvalue weighted by Crippen LogP contribution is -2.06. The fourth-order valence-electron chi connectivity index (χ4n) is 2.48. The van der Waals surface area contributed by atoms with Crippen LogP contribution in [-0.4, -0.2) is 12.1 Å². The number of methoxy groups -OCH3 is 1. The molecule has 6 nitrogen and oxygen atoms in total. The SMILES string of the molecule is COc1ccc(N=[N+]=[N-])c2c(-c3ccccc3)cc(=O)[nH]c12. The Bertz CT molecular complexity index is 942. The highest BCUT2D eigenvalue weighted by Crippen LogP contribution is 2.37. The zero-order valence-corrected chi connectivity index (χ0v) is 11.8. The number of H-pyrrole nitrogens is 1. The van der Waals surface area contributed by atoms with Crippen LogP contribution in [0, 0.1) is 0 Å². The minimum atomic E-state index is -0.247. The molecule has 108 valence electrons. The van der Waals surface area contributed by atoms with Crippen LogP contribution in [-0.2, 0) is 0 Å². The molecule has 0 saturated carbocycles. The van der Waals surface area contributed by atoms with Gasteiger partial charge in [-0.2, -0.15) is 0 Å². The Morgan fingerprint density at radius 3 is 2.64 bits per heavy atom. The molecule has 3 aromatic rings. The minimum Gasteiger partial charge on any atom is -0.495 e. The van der Waals surface area contributed by atoms with Gasteiger partial charge in [-0.05, 0) is 28.8 Å². The van der Waals surface area contributed by atoms with Gasteiger partial charge in [-0.1, -0.05) is 35.4 Å². The normalized spacial score (nSPS) is 10.2. The topological polar surface area (TPSA) is 90.8 Å². The molecule has 1 N–H and O–H groups in total. The summed E-state index contributed by atoms with van der Waals surface area (Å²) in [7, 11) is 1.52. The first-order valence-electron chi connectivity index (χ1n) is 6.59. The number of hydrogen-bond donors (Lipinski definition) is 1. The summed E-state index contributed by atoms with van der Waals surface area (Å²) in [4.78, 5) is 17.6. The van der Waals surface area contributed by atoms with Crippen molar-refractivity contribution in [1.29, 1.82) is 0 Å². The summed E-state index contributed by atoms with van der Waals surface area (Å²) >= 11 is 0. The minimum absolute atomic E-state index is 0.247. The molecule has 0 spiro atoms. The zero-order valence-electron chi connectivity index (χ0n) is 11.8. The van der Waals surface area contributed by atoms with E-state index in [2.05, 4.69) is 15.0 Å². The summed E-state index contributed by atoms with van der Waals surface area (Å²) in [6, 6.07) is 14.3. The van der Waals surface area contributed by atoms with Gasteiger partial charge in [0, 0.05) is 22.1 Å². The Kier molecular flexibility index (Phi) is 3.52. The predicted molar refractivity (Wildman–Crippen MR) is 85.4 cm³/mol. The number of aromatic nitrogens is 1. The average molecular weight is 292 g/mol. The van der Waals surface area contributed by atoms with Gasteiger partial charge in [-0.25, -0.2) is 0 Å². The third-order valence-corrected chi connectivity index (χ3v) is 3.40. The van der Waals surface area contributed by atoms with Crippen molar-refractivity contribution < 1.29 is 4.74 Å². The molecular weight excluding hydrogens is 280 g/mol. The number of pyridine rings is 1. The van der Waals surface area contributed by atoms with Crippen LogP contribution in [0.1, 0.15) is 0 Å². The van der Waals surface area contributed by atoms with E-state index in [1.807, 2.05) is 30.3 Å². The number of fused-ring (bicyclic) bond motifs is 1. The molecule has 0 bridgehead atoms. The van der Waals surface area contributed by atoms with Crippen LogP contribution in [0.5, 0.6) is 5.75 Å². The first kappa shape index (κ1) is 13.7. The Morgan fingerprint density at radius 1 is 1.18 bits per heavy atom. The molecule has 1 heterocycles. The van der Waals surface area contributed by atoms with Gasteiger partial charge in [0.15, 0.2) is 0 Å². The van der Waals surface area contributed by atoms with E-state index in [-0.39, 0.29) is 5.56 Å². The fraction of sp³-hybridized carbons (Fsp3) is 0.0625. The van der Waals surface area contributed by atoms with E-state index in [9.17, 15) is 4.79 Å². The quantitative estimate of drug-likeness (QED) is 0.446. The van der Waals surface area contributed by atoms with E-state index < -0.39 is 0 Å². The van der Waals surface area contributed by atoms with Crippen molar-refractivity contribution >= 4 is 16.6 Å². The first-order valence-corrected chi connectivity index (χ1v) is 6.59. The molecule has 2 aromatic carbocycles. The van der Waals surface area contributed by atoms with Gasteiger partial charge in [0.05, 0.1) is 12.6 Å². The zero-order chi connectivity index (χ0) is 15.5. The van der Waals surface area contributed by atoms with Gasteiger partial charge in [-0.15, -0.1) is 0 Å². The van der Waals surface area contributed by atoms with Crippen molar-refractivity contribution in [3.8, 4) is 16.9 Å². The second-order valence-electron chi connectivity index (χ2n) is 4.64. The third kappa shape index (κ3) is 2.28. The summed E-state index contributed by atoms with van der Waals surface area (Å²) in [5, 5.41) is 4.38. The molecular formula is C16H12N4O2. The van der Waals surface area contributed by atoms with Crippen molar-refractivity contribution in [3.63, 3.8) is 0 Å². The van der Waals surface area contributed by atoms with Gasteiger partial charge in [0.25, 0.3) is 0 Å². The highest BCUT2D eigenvalue weighted by Gasteiger charge is 2.13. The van der Waals surface area contributed by atoms with E-state index in [0.717, 1.165) is 5.56 Å². The number of ether oxygens (including phenoxy) is 1. The standard InChI is InChI=1S/C16H12N4O2/c1-22-13-8-7-12(19-20-17)15-11(9-14(21)18-16(13)15)10-5-3-2-4-6-10/h2-9H,1H3,(H,18,21). The summed E-state index contributed by atoms with van der Waals surface area (Å²) in [5.74, 6) is 0.516. The molecule has 0 amide bonds. The summed E-state index contributed by atoms with van der Waals surface area (Å²) in [6.45, 7) is 0. The molecule has 0 aliphatic carbocycles. The molecule has 22 heavy (non-hydrogen) atoms. The van der Waals surface area contributed by atoms with Gasteiger partial charge in [-0.3, -0.25) is 4.79 Å². The lowest BCUT2D eigenvalue weighted by molar-refractivity contribution is 0.419. The van der Waals surface area contributed by atoms with Crippen LogP contribution in [0.2, 0.25) is 0 Å². The number of benzene rings is 2. The number of rotatable bonds is 3.